The van der Waals surface area contributed by atoms with Crippen molar-refractivity contribution >= 4 is 21.8 Å². The van der Waals surface area contributed by atoms with Gasteiger partial charge in [-0.15, -0.1) is 0 Å². The first-order valence-corrected chi connectivity index (χ1v) is 16.6. The number of aromatic nitrogens is 3. The second-order valence-electron chi connectivity index (χ2n) is 12.3. The van der Waals surface area contributed by atoms with Crippen LogP contribution in [-0.2, 0) is 0 Å². The van der Waals surface area contributed by atoms with Crippen molar-refractivity contribution in [1.82, 2.24) is 14.5 Å². The van der Waals surface area contributed by atoms with Gasteiger partial charge in [0, 0.05) is 40.0 Å². The molecule has 0 saturated carbocycles. The fourth-order valence-electron chi connectivity index (χ4n) is 6.97. The first-order valence-electron chi connectivity index (χ1n) is 16.6. The van der Waals surface area contributed by atoms with Crippen LogP contribution in [0.15, 0.2) is 188 Å². The lowest BCUT2D eigenvalue weighted by molar-refractivity contribution is 1.18. The Morgan fingerprint density at radius 1 is 0.347 bits per heavy atom. The highest BCUT2D eigenvalue weighted by atomic mass is 15.0. The molecule has 3 aromatic heterocycles. The molecule has 3 nitrogen and oxygen atoms in total. The molecule has 230 valence electrons. The highest BCUT2D eigenvalue weighted by Gasteiger charge is 2.17. The summed E-state index contributed by atoms with van der Waals surface area (Å²) < 4.78 is 2.39. The number of rotatable bonds is 6. The van der Waals surface area contributed by atoms with E-state index in [-0.39, 0.29) is 0 Å². The van der Waals surface area contributed by atoms with E-state index in [9.17, 15) is 0 Å². The Morgan fingerprint density at radius 2 is 0.918 bits per heavy atom. The van der Waals surface area contributed by atoms with Crippen molar-refractivity contribution in [3.05, 3.63) is 188 Å². The fraction of sp³-hybridized carbons (Fsp3) is 0. The summed E-state index contributed by atoms with van der Waals surface area (Å²) in [5.41, 5.74) is 14.8. The molecule has 0 aliphatic rings. The van der Waals surface area contributed by atoms with E-state index >= 15 is 0 Å². The van der Waals surface area contributed by atoms with Crippen LogP contribution in [-0.4, -0.2) is 14.5 Å². The van der Waals surface area contributed by atoms with E-state index in [0.717, 1.165) is 28.2 Å². The summed E-state index contributed by atoms with van der Waals surface area (Å²) in [7, 11) is 0. The molecule has 0 amide bonds. The number of hydrogen-bond acceptors (Lipinski definition) is 2. The maximum atomic E-state index is 4.63. The van der Waals surface area contributed by atoms with Crippen LogP contribution >= 0.6 is 0 Å². The zero-order chi connectivity index (χ0) is 32.6. The van der Waals surface area contributed by atoms with E-state index in [1.54, 1.807) is 0 Å². The molecule has 0 aliphatic heterocycles. The van der Waals surface area contributed by atoms with Crippen molar-refractivity contribution in [2.45, 2.75) is 0 Å². The molecule has 49 heavy (non-hydrogen) atoms. The highest BCUT2D eigenvalue weighted by Crippen LogP contribution is 2.41. The van der Waals surface area contributed by atoms with Crippen molar-refractivity contribution < 1.29 is 0 Å². The van der Waals surface area contributed by atoms with Crippen LogP contribution in [0.5, 0.6) is 0 Å². The van der Waals surface area contributed by atoms with E-state index < -0.39 is 0 Å². The van der Waals surface area contributed by atoms with Gasteiger partial charge in [-0.3, -0.25) is 9.97 Å². The molecular weight excluding hydrogens is 595 g/mol. The Morgan fingerprint density at radius 3 is 1.65 bits per heavy atom. The molecule has 3 heteroatoms. The van der Waals surface area contributed by atoms with Gasteiger partial charge in [-0.2, -0.15) is 0 Å². The highest BCUT2D eigenvalue weighted by molar-refractivity contribution is 6.16. The molecule has 6 aromatic carbocycles. The molecular formula is C46H31N3. The van der Waals surface area contributed by atoms with Gasteiger partial charge in [0.1, 0.15) is 0 Å². The third kappa shape index (κ3) is 5.28. The summed E-state index contributed by atoms with van der Waals surface area (Å²) in [6, 6.07) is 62.6. The van der Waals surface area contributed by atoms with Gasteiger partial charge in [-0.25, -0.2) is 0 Å². The van der Waals surface area contributed by atoms with Crippen LogP contribution in [0.3, 0.4) is 0 Å². The zero-order valence-electron chi connectivity index (χ0n) is 26.7. The number of fused-ring (bicyclic) bond motifs is 3. The Hall–Kier alpha value is -6.58. The average Bonchev–Trinajstić information content (AvgIpc) is 3.53. The Bertz CT molecular complexity index is 2570. The van der Waals surface area contributed by atoms with Gasteiger partial charge in [0.2, 0.25) is 0 Å². The number of benzene rings is 6. The molecule has 0 atom stereocenters. The van der Waals surface area contributed by atoms with Gasteiger partial charge in [-0.1, -0.05) is 109 Å². The normalized spacial score (nSPS) is 11.3. The molecule has 0 fully saturated rings. The molecule has 0 radical (unpaired) electrons. The van der Waals surface area contributed by atoms with Crippen molar-refractivity contribution in [3.8, 4) is 61.6 Å². The molecule has 0 N–H and O–H groups in total. The lowest BCUT2D eigenvalue weighted by Gasteiger charge is -2.09. The number of pyridine rings is 2. The topological polar surface area (TPSA) is 30.7 Å². The first kappa shape index (κ1) is 28.6. The lowest BCUT2D eigenvalue weighted by atomic mass is 9.95. The SMILES string of the molecule is c1ccc(-n2c3ccc(-c4cccc(-c5ccc(-c6ccccn6)cc5)c4)cc3c3c(-c4cccc(-c5ccccn5)c4)cccc32)cc1. The molecule has 0 spiro atoms. The fourth-order valence-corrected chi connectivity index (χ4v) is 6.97. The summed E-state index contributed by atoms with van der Waals surface area (Å²) in [6.07, 6.45) is 3.69. The van der Waals surface area contributed by atoms with Crippen LogP contribution in [0.2, 0.25) is 0 Å². The molecule has 0 aliphatic carbocycles. The Balaban J connectivity index is 1.20. The van der Waals surface area contributed by atoms with Crippen molar-refractivity contribution in [2.75, 3.05) is 0 Å². The van der Waals surface area contributed by atoms with Gasteiger partial charge in [-0.05, 0) is 100 Å². The predicted octanol–water partition coefficient (Wildman–Crippen LogP) is 11.9. The van der Waals surface area contributed by atoms with Gasteiger partial charge < -0.3 is 4.57 Å². The maximum absolute atomic E-state index is 4.63. The molecule has 0 unspecified atom stereocenters. The summed E-state index contributed by atoms with van der Waals surface area (Å²) in [5.74, 6) is 0. The van der Waals surface area contributed by atoms with Crippen molar-refractivity contribution in [3.63, 3.8) is 0 Å². The van der Waals surface area contributed by atoms with Crippen LogP contribution in [0.25, 0.3) is 83.4 Å². The van der Waals surface area contributed by atoms with Crippen LogP contribution in [0.1, 0.15) is 0 Å². The summed E-state index contributed by atoms with van der Waals surface area (Å²) in [4.78, 5) is 9.14. The summed E-state index contributed by atoms with van der Waals surface area (Å²) >= 11 is 0. The second-order valence-corrected chi connectivity index (χ2v) is 12.3. The minimum Gasteiger partial charge on any atom is -0.309 e. The molecule has 3 heterocycles. The van der Waals surface area contributed by atoms with Gasteiger partial charge in [0.25, 0.3) is 0 Å². The first-order chi connectivity index (χ1) is 24.3. The molecule has 9 aromatic rings. The third-order valence-corrected chi connectivity index (χ3v) is 9.31. The van der Waals surface area contributed by atoms with E-state index in [1.807, 2.05) is 42.7 Å². The smallest absolute Gasteiger partial charge is 0.0702 e. The number of hydrogen-bond donors (Lipinski definition) is 0. The van der Waals surface area contributed by atoms with Crippen molar-refractivity contribution in [2.24, 2.45) is 0 Å². The minimum atomic E-state index is 0.969. The number of nitrogens with zero attached hydrogens (tertiary/aromatic N) is 3. The summed E-state index contributed by atoms with van der Waals surface area (Å²) in [6.45, 7) is 0. The summed E-state index contributed by atoms with van der Waals surface area (Å²) in [5, 5.41) is 2.46. The van der Waals surface area contributed by atoms with Gasteiger partial charge in [0.05, 0.1) is 22.4 Å². The molecule has 0 saturated heterocycles. The van der Waals surface area contributed by atoms with Crippen LogP contribution in [0, 0.1) is 0 Å². The maximum Gasteiger partial charge on any atom is 0.0702 e. The standard InChI is InChI=1S/C46H31N3/c1-2-15-39(16-3-1)49-44-26-25-36(35-12-8-11-34(29-35)32-21-23-33(24-22-32)42-18-4-6-27-47-42)31-41(44)46-40(17-10-20-45(46)49)37-13-9-14-38(30-37)43-19-5-7-28-48-43/h1-31H. The van der Waals surface area contributed by atoms with Crippen LogP contribution in [0.4, 0.5) is 0 Å². The lowest BCUT2D eigenvalue weighted by Crippen LogP contribution is -1.93. The molecule has 9 rings (SSSR count). The van der Waals surface area contributed by atoms with Crippen LogP contribution < -0.4 is 0 Å². The monoisotopic (exact) mass is 625 g/mol. The predicted molar refractivity (Wildman–Crippen MR) is 204 cm³/mol. The largest absolute Gasteiger partial charge is 0.309 e. The van der Waals surface area contributed by atoms with E-state index in [2.05, 4.69) is 160 Å². The zero-order valence-corrected chi connectivity index (χ0v) is 26.7. The number of para-hydroxylation sites is 1. The average molecular weight is 626 g/mol. The quantitative estimate of drug-likeness (QED) is 0.184. The molecule has 0 bridgehead atoms. The van der Waals surface area contributed by atoms with Gasteiger partial charge >= 0.3 is 0 Å². The second kappa shape index (κ2) is 12.2. The van der Waals surface area contributed by atoms with Crippen molar-refractivity contribution in [1.29, 1.82) is 0 Å². The van der Waals surface area contributed by atoms with E-state index in [0.29, 0.717) is 0 Å². The van der Waals surface area contributed by atoms with Gasteiger partial charge in [0.15, 0.2) is 0 Å². The Labute approximate surface area is 285 Å². The van der Waals surface area contributed by atoms with E-state index in [1.165, 1.54) is 55.2 Å². The minimum absolute atomic E-state index is 0.969. The third-order valence-electron chi connectivity index (χ3n) is 9.31. The Kier molecular flexibility index (Phi) is 7.14. The van der Waals surface area contributed by atoms with E-state index in [4.69, 9.17) is 0 Å².